The molecule has 0 bridgehead atoms. The Morgan fingerprint density at radius 2 is 2.43 bits per heavy atom. The Labute approximate surface area is 83.5 Å². The van der Waals surface area contributed by atoms with Gasteiger partial charge in [0.25, 0.3) is 0 Å². The first-order chi connectivity index (χ1) is 6.74. The maximum absolute atomic E-state index is 11.4. The van der Waals surface area contributed by atoms with Gasteiger partial charge in [-0.15, -0.1) is 0 Å². The van der Waals surface area contributed by atoms with Crippen LogP contribution in [-0.4, -0.2) is 48.0 Å². The van der Waals surface area contributed by atoms with E-state index in [1.807, 2.05) is 0 Å². The molecule has 5 heteroatoms. The predicted molar refractivity (Wildman–Crippen MR) is 51.7 cm³/mol. The second-order valence-corrected chi connectivity index (χ2v) is 3.57. The molecule has 1 aliphatic heterocycles. The summed E-state index contributed by atoms with van der Waals surface area (Å²) in [6.45, 7) is 1.06. The van der Waals surface area contributed by atoms with Gasteiger partial charge in [0.05, 0.1) is 18.8 Å². The zero-order valence-corrected chi connectivity index (χ0v) is 8.20. The van der Waals surface area contributed by atoms with Gasteiger partial charge in [-0.3, -0.25) is 4.79 Å². The Hall–Kier alpha value is -0.650. The second-order valence-electron chi connectivity index (χ2n) is 3.57. The number of amides is 1. The van der Waals surface area contributed by atoms with Crippen molar-refractivity contribution < 1.29 is 15.0 Å². The molecule has 1 aliphatic rings. The van der Waals surface area contributed by atoms with Crippen LogP contribution in [0.4, 0.5) is 0 Å². The first-order valence-electron chi connectivity index (χ1n) is 5.04. The topological polar surface area (TPSA) is 81.6 Å². The van der Waals surface area contributed by atoms with E-state index in [4.69, 9.17) is 10.2 Å². The summed E-state index contributed by atoms with van der Waals surface area (Å²) in [4.78, 5) is 11.4. The van der Waals surface area contributed by atoms with Gasteiger partial charge in [-0.2, -0.15) is 0 Å². The van der Waals surface area contributed by atoms with Crippen LogP contribution in [0, 0.1) is 0 Å². The number of carbonyl (C=O) groups excluding carboxylic acids is 1. The van der Waals surface area contributed by atoms with Crippen LogP contribution in [0.25, 0.3) is 0 Å². The zero-order chi connectivity index (χ0) is 10.4. The minimum atomic E-state index is -0.730. The smallest absolute Gasteiger partial charge is 0.237 e. The van der Waals surface area contributed by atoms with Crippen molar-refractivity contribution in [3.05, 3.63) is 0 Å². The van der Waals surface area contributed by atoms with Crippen molar-refractivity contribution in [2.75, 3.05) is 19.7 Å². The number of hydrogen-bond donors (Lipinski definition) is 4. The molecule has 0 aliphatic carbocycles. The molecule has 82 valence electrons. The van der Waals surface area contributed by atoms with Gasteiger partial charge in [0.15, 0.2) is 0 Å². The van der Waals surface area contributed by atoms with E-state index in [9.17, 15) is 4.79 Å². The number of rotatable bonds is 5. The highest BCUT2D eigenvalue weighted by Crippen LogP contribution is 2.04. The number of aliphatic hydroxyl groups excluding tert-OH is 2. The summed E-state index contributed by atoms with van der Waals surface area (Å²) in [6.07, 6.45) is 1.59. The molecule has 1 unspecified atom stereocenters. The van der Waals surface area contributed by atoms with E-state index in [-0.39, 0.29) is 18.6 Å². The first kappa shape index (κ1) is 11.4. The number of hydrogen-bond acceptors (Lipinski definition) is 4. The molecule has 2 atom stereocenters. The molecule has 5 nitrogen and oxygen atoms in total. The molecule has 14 heavy (non-hydrogen) atoms. The summed E-state index contributed by atoms with van der Waals surface area (Å²) in [5.74, 6) is -0.00682. The third-order valence-corrected chi connectivity index (χ3v) is 2.36. The molecule has 4 N–H and O–H groups in total. The van der Waals surface area contributed by atoms with Crippen molar-refractivity contribution in [1.29, 1.82) is 0 Å². The highest BCUT2D eigenvalue weighted by molar-refractivity contribution is 5.81. The van der Waals surface area contributed by atoms with Gasteiger partial charge in [0, 0.05) is 6.54 Å². The summed E-state index contributed by atoms with van der Waals surface area (Å²) in [7, 11) is 0. The lowest BCUT2D eigenvalue weighted by Gasteiger charge is -2.12. The third kappa shape index (κ3) is 3.61. The molecule has 1 rings (SSSR count). The fraction of sp³-hybridized carbons (Fsp3) is 0.889. The van der Waals surface area contributed by atoms with Crippen molar-refractivity contribution in [1.82, 2.24) is 10.6 Å². The van der Waals surface area contributed by atoms with E-state index in [1.54, 1.807) is 0 Å². The zero-order valence-electron chi connectivity index (χ0n) is 8.20. The number of aliphatic hydroxyl groups is 2. The molecule has 1 amide bonds. The van der Waals surface area contributed by atoms with Gasteiger partial charge >= 0.3 is 0 Å². The van der Waals surface area contributed by atoms with Crippen LogP contribution in [0.2, 0.25) is 0 Å². The molecule has 1 saturated heterocycles. The lowest BCUT2D eigenvalue weighted by molar-refractivity contribution is -0.122. The minimum Gasteiger partial charge on any atom is -0.394 e. The Morgan fingerprint density at radius 1 is 1.64 bits per heavy atom. The maximum atomic E-state index is 11.4. The van der Waals surface area contributed by atoms with Crippen molar-refractivity contribution in [2.24, 2.45) is 0 Å². The average molecular weight is 202 g/mol. The van der Waals surface area contributed by atoms with Crippen LogP contribution >= 0.6 is 0 Å². The van der Waals surface area contributed by atoms with E-state index in [0.29, 0.717) is 13.0 Å². The fourth-order valence-corrected chi connectivity index (χ4v) is 1.48. The largest absolute Gasteiger partial charge is 0.394 e. The third-order valence-electron chi connectivity index (χ3n) is 2.36. The van der Waals surface area contributed by atoms with Crippen molar-refractivity contribution in [3.8, 4) is 0 Å². The Balaban J connectivity index is 2.08. The Morgan fingerprint density at radius 3 is 3.00 bits per heavy atom. The summed E-state index contributed by atoms with van der Waals surface area (Å²) in [5, 5.41) is 23.4. The maximum Gasteiger partial charge on any atom is 0.237 e. The summed E-state index contributed by atoms with van der Waals surface area (Å²) in [5.41, 5.74) is 0. The molecule has 0 aromatic carbocycles. The Kier molecular flexibility index (Phi) is 4.86. The standard InChI is InChI=1S/C9H18N2O3/c12-6-7(13)3-5-11-9(14)8-2-1-4-10-8/h7-8,10,12-13H,1-6H2,(H,11,14)/t7-,8?/m0/s1. The lowest BCUT2D eigenvalue weighted by atomic mass is 10.2. The molecule has 0 aromatic rings. The normalized spacial score (nSPS) is 23.4. The van der Waals surface area contributed by atoms with Crippen LogP contribution in [0.3, 0.4) is 0 Å². The van der Waals surface area contributed by atoms with Crippen LogP contribution < -0.4 is 10.6 Å². The van der Waals surface area contributed by atoms with Gasteiger partial charge in [-0.05, 0) is 25.8 Å². The summed E-state index contributed by atoms with van der Waals surface area (Å²) >= 11 is 0. The van der Waals surface area contributed by atoms with E-state index < -0.39 is 6.10 Å². The van der Waals surface area contributed by atoms with Crippen molar-refractivity contribution >= 4 is 5.91 Å². The van der Waals surface area contributed by atoms with Gasteiger partial charge in [-0.1, -0.05) is 0 Å². The monoisotopic (exact) mass is 202 g/mol. The average Bonchev–Trinajstić information content (AvgIpc) is 2.70. The van der Waals surface area contributed by atoms with Crippen LogP contribution in [-0.2, 0) is 4.79 Å². The summed E-state index contributed by atoms with van der Waals surface area (Å²) in [6, 6.07) is -0.0683. The van der Waals surface area contributed by atoms with Crippen LogP contribution in [0.1, 0.15) is 19.3 Å². The molecule has 1 heterocycles. The molecule has 0 aromatic heterocycles. The van der Waals surface area contributed by atoms with E-state index in [0.717, 1.165) is 19.4 Å². The van der Waals surface area contributed by atoms with Gasteiger partial charge in [-0.25, -0.2) is 0 Å². The van der Waals surface area contributed by atoms with Gasteiger partial charge in [0.2, 0.25) is 5.91 Å². The molecular formula is C9H18N2O3. The molecule has 0 spiro atoms. The lowest BCUT2D eigenvalue weighted by Crippen LogP contribution is -2.41. The van der Waals surface area contributed by atoms with Crippen molar-refractivity contribution in [2.45, 2.75) is 31.4 Å². The summed E-state index contributed by atoms with van der Waals surface area (Å²) < 4.78 is 0. The highest BCUT2D eigenvalue weighted by atomic mass is 16.3. The van der Waals surface area contributed by atoms with Crippen molar-refractivity contribution in [3.63, 3.8) is 0 Å². The molecular weight excluding hydrogens is 184 g/mol. The van der Waals surface area contributed by atoms with Crippen LogP contribution in [0.15, 0.2) is 0 Å². The fourth-order valence-electron chi connectivity index (χ4n) is 1.48. The minimum absolute atomic E-state index is 0.00682. The van der Waals surface area contributed by atoms with Gasteiger partial charge < -0.3 is 20.8 Å². The SMILES string of the molecule is O=C(NCC[C@H](O)CO)C1CCCN1. The molecule has 1 fully saturated rings. The first-order valence-corrected chi connectivity index (χ1v) is 5.04. The van der Waals surface area contributed by atoms with E-state index in [2.05, 4.69) is 10.6 Å². The molecule has 0 radical (unpaired) electrons. The van der Waals surface area contributed by atoms with Gasteiger partial charge in [0.1, 0.15) is 0 Å². The number of carbonyl (C=O) groups is 1. The van der Waals surface area contributed by atoms with Crippen LogP contribution in [0.5, 0.6) is 0 Å². The second kappa shape index (κ2) is 5.95. The molecule has 0 saturated carbocycles. The van der Waals surface area contributed by atoms with E-state index in [1.165, 1.54) is 0 Å². The Bertz CT molecular complexity index is 181. The predicted octanol–water partition coefficient (Wildman–Crippen LogP) is -1.40. The van der Waals surface area contributed by atoms with E-state index >= 15 is 0 Å². The highest BCUT2D eigenvalue weighted by Gasteiger charge is 2.21. The number of nitrogens with one attached hydrogen (secondary N) is 2. The quantitative estimate of drug-likeness (QED) is 0.442.